The number of rotatable bonds is 4. The lowest BCUT2D eigenvalue weighted by atomic mass is 10.1. The van der Waals surface area contributed by atoms with Gasteiger partial charge in [0.25, 0.3) is 0 Å². The van der Waals surface area contributed by atoms with Crippen molar-refractivity contribution in [1.82, 2.24) is 15.0 Å². The molecular formula is C14H15F3N4. The van der Waals surface area contributed by atoms with Gasteiger partial charge in [-0.3, -0.25) is 4.98 Å². The van der Waals surface area contributed by atoms with Crippen LogP contribution in [0.4, 0.5) is 19.1 Å². The van der Waals surface area contributed by atoms with E-state index in [1.807, 2.05) is 26.0 Å². The second-order valence-electron chi connectivity index (χ2n) is 4.78. The third kappa shape index (κ3) is 4.14. The maximum absolute atomic E-state index is 12.6. The van der Waals surface area contributed by atoms with Crippen molar-refractivity contribution in [3.63, 3.8) is 0 Å². The number of pyridine rings is 1. The topological polar surface area (TPSA) is 50.7 Å². The van der Waals surface area contributed by atoms with Crippen LogP contribution in [-0.2, 0) is 12.6 Å². The first-order chi connectivity index (χ1) is 9.86. The van der Waals surface area contributed by atoms with Gasteiger partial charge in [0.2, 0.25) is 5.95 Å². The Morgan fingerprint density at radius 3 is 2.62 bits per heavy atom. The molecule has 1 N–H and O–H groups in total. The fourth-order valence-electron chi connectivity index (χ4n) is 1.88. The summed E-state index contributed by atoms with van der Waals surface area (Å²) in [6.07, 6.45) is -1.11. The summed E-state index contributed by atoms with van der Waals surface area (Å²) in [5, 5.41) is 2.87. The Kier molecular flexibility index (Phi) is 4.40. The molecule has 4 nitrogen and oxygen atoms in total. The van der Waals surface area contributed by atoms with Crippen LogP contribution in [-0.4, -0.2) is 21.0 Å². The molecule has 0 aliphatic heterocycles. The van der Waals surface area contributed by atoms with E-state index in [0.717, 1.165) is 23.5 Å². The van der Waals surface area contributed by atoms with Crippen LogP contribution in [0, 0.1) is 6.92 Å². The molecule has 1 atom stereocenters. The smallest absolute Gasteiger partial charge is 0.351 e. The molecule has 0 aromatic carbocycles. The number of hydrogen-bond donors (Lipinski definition) is 1. The minimum absolute atomic E-state index is 0.0362. The Morgan fingerprint density at radius 1 is 1.19 bits per heavy atom. The number of hydrogen-bond acceptors (Lipinski definition) is 4. The highest BCUT2D eigenvalue weighted by atomic mass is 19.4. The molecule has 0 bridgehead atoms. The van der Waals surface area contributed by atoms with Crippen molar-refractivity contribution in [3.05, 3.63) is 47.5 Å². The average molecular weight is 296 g/mol. The summed E-state index contributed by atoms with van der Waals surface area (Å²) < 4.78 is 37.7. The third-order valence-corrected chi connectivity index (χ3v) is 2.94. The summed E-state index contributed by atoms with van der Waals surface area (Å²) in [5.74, 6) is -0.0362. The second-order valence-corrected chi connectivity index (χ2v) is 4.78. The molecule has 0 saturated heterocycles. The van der Waals surface area contributed by atoms with Gasteiger partial charge >= 0.3 is 6.18 Å². The first-order valence-corrected chi connectivity index (χ1v) is 6.43. The van der Waals surface area contributed by atoms with Crippen molar-refractivity contribution in [2.24, 2.45) is 0 Å². The van der Waals surface area contributed by atoms with Crippen molar-refractivity contribution in [1.29, 1.82) is 0 Å². The highest BCUT2D eigenvalue weighted by molar-refractivity contribution is 5.29. The van der Waals surface area contributed by atoms with E-state index in [-0.39, 0.29) is 12.0 Å². The fourth-order valence-corrected chi connectivity index (χ4v) is 1.88. The zero-order valence-corrected chi connectivity index (χ0v) is 11.6. The molecule has 0 fully saturated rings. The summed E-state index contributed by atoms with van der Waals surface area (Å²) in [4.78, 5) is 11.6. The van der Waals surface area contributed by atoms with Gasteiger partial charge < -0.3 is 5.32 Å². The van der Waals surface area contributed by atoms with E-state index < -0.39 is 11.9 Å². The number of aromatic nitrogens is 3. The molecule has 0 amide bonds. The molecule has 0 spiro atoms. The summed E-state index contributed by atoms with van der Waals surface area (Å²) in [6.45, 7) is 3.79. The maximum atomic E-state index is 12.6. The van der Waals surface area contributed by atoms with Gasteiger partial charge in [0.15, 0.2) is 0 Å². The first-order valence-electron chi connectivity index (χ1n) is 6.43. The average Bonchev–Trinajstić information content (AvgIpc) is 2.41. The van der Waals surface area contributed by atoms with Crippen LogP contribution in [0.25, 0.3) is 0 Å². The van der Waals surface area contributed by atoms with Gasteiger partial charge in [0.05, 0.1) is 0 Å². The Hall–Kier alpha value is -2.18. The van der Waals surface area contributed by atoms with Crippen molar-refractivity contribution in [3.8, 4) is 0 Å². The summed E-state index contributed by atoms with van der Waals surface area (Å²) in [6, 6.07) is 4.49. The van der Waals surface area contributed by atoms with E-state index in [1.165, 1.54) is 0 Å². The SMILES string of the molecule is Cc1cccnc1CC(C)Nc1nccc(C(F)(F)F)n1. The lowest BCUT2D eigenvalue weighted by Crippen LogP contribution is -2.22. The predicted octanol–water partition coefficient (Wildman–Crippen LogP) is 3.24. The second kappa shape index (κ2) is 6.07. The monoisotopic (exact) mass is 296 g/mol. The number of aryl methyl sites for hydroxylation is 1. The Bertz CT molecular complexity index is 613. The highest BCUT2D eigenvalue weighted by Crippen LogP contribution is 2.27. The molecule has 2 aromatic rings. The van der Waals surface area contributed by atoms with Crippen LogP contribution in [0.2, 0.25) is 0 Å². The van der Waals surface area contributed by atoms with E-state index in [2.05, 4.69) is 20.3 Å². The number of anilines is 1. The lowest BCUT2D eigenvalue weighted by molar-refractivity contribution is -0.141. The summed E-state index contributed by atoms with van der Waals surface area (Å²) in [7, 11) is 0. The molecule has 0 aliphatic carbocycles. The standard InChI is InChI=1S/C14H15F3N4/c1-9-4-3-6-18-11(9)8-10(2)20-13-19-7-5-12(21-13)14(15,16)17/h3-7,10H,8H2,1-2H3,(H,19,20,21). The predicted molar refractivity (Wildman–Crippen MR) is 72.8 cm³/mol. The highest BCUT2D eigenvalue weighted by Gasteiger charge is 2.32. The van der Waals surface area contributed by atoms with E-state index in [4.69, 9.17) is 0 Å². The van der Waals surface area contributed by atoms with Gasteiger partial charge in [-0.2, -0.15) is 13.2 Å². The molecule has 0 radical (unpaired) electrons. The lowest BCUT2D eigenvalue weighted by Gasteiger charge is -2.15. The maximum Gasteiger partial charge on any atom is 0.433 e. The quantitative estimate of drug-likeness (QED) is 0.941. The van der Waals surface area contributed by atoms with Crippen LogP contribution in [0.3, 0.4) is 0 Å². The van der Waals surface area contributed by atoms with Gasteiger partial charge in [-0.05, 0) is 31.5 Å². The number of nitrogens with zero attached hydrogens (tertiary/aromatic N) is 3. The molecule has 2 heterocycles. The van der Waals surface area contributed by atoms with Gasteiger partial charge in [-0.15, -0.1) is 0 Å². The minimum atomic E-state index is -4.47. The third-order valence-electron chi connectivity index (χ3n) is 2.94. The molecule has 2 aromatic heterocycles. The van der Waals surface area contributed by atoms with Crippen LogP contribution < -0.4 is 5.32 Å². The van der Waals surface area contributed by atoms with Crippen molar-refractivity contribution in [2.45, 2.75) is 32.5 Å². The van der Waals surface area contributed by atoms with Crippen LogP contribution in [0.5, 0.6) is 0 Å². The Labute approximate surface area is 120 Å². The van der Waals surface area contributed by atoms with Crippen molar-refractivity contribution in [2.75, 3.05) is 5.32 Å². The largest absolute Gasteiger partial charge is 0.433 e. The molecular weight excluding hydrogens is 281 g/mol. The summed E-state index contributed by atoms with van der Waals surface area (Å²) in [5.41, 5.74) is 0.974. The molecule has 0 saturated carbocycles. The number of nitrogens with one attached hydrogen (secondary N) is 1. The van der Waals surface area contributed by atoms with Crippen LogP contribution in [0.1, 0.15) is 23.9 Å². The number of alkyl halides is 3. The van der Waals surface area contributed by atoms with Crippen LogP contribution in [0.15, 0.2) is 30.6 Å². The number of halogens is 3. The minimum Gasteiger partial charge on any atom is -0.351 e. The molecule has 1 unspecified atom stereocenters. The van der Waals surface area contributed by atoms with E-state index >= 15 is 0 Å². The van der Waals surface area contributed by atoms with E-state index in [1.54, 1.807) is 6.20 Å². The molecule has 7 heteroatoms. The van der Waals surface area contributed by atoms with E-state index in [9.17, 15) is 13.2 Å². The van der Waals surface area contributed by atoms with Gasteiger partial charge in [0.1, 0.15) is 5.69 Å². The zero-order valence-electron chi connectivity index (χ0n) is 11.6. The van der Waals surface area contributed by atoms with Gasteiger partial charge in [-0.1, -0.05) is 6.07 Å². The van der Waals surface area contributed by atoms with E-state index in [0.29, 0.717) is 6.42 Å². The van der Waals surface area contributed by atoms with Crippen LogP contribution >= 0.6 is 0 Å². The molecule has 0 aliphatic rings. The normalized spacial score (nSPS) is 13.0. The molecule has 21 heavy (non-hydrogen) atoms. The van der Waals surface area contributed by atoms with Crippen molar-refractivity contribution < 1.29 is 13.2 Å². The fraction of sp³-hybridized carbons (Fsp3) is 0.357. The van der Waals surface area contributed by atoms with Crippen molar-refractivity contribution >= 4 is 5.95 Å². The Balaban J connectivity index is 2.06. The summed E-state index contributed by atoms with van der Waals surface area (Å²) >= 11 is 0. The zero-order chi connectivity index (χ0) is 15.5. The molecule has 112 valence electrons. The molecule has 2 rings (SSSR count). The van der Waals surface area contributed by atoms with Gasteiger partial charge in [0, 0.05) is 30.6 Å². The van der Waals surface area contributed by atoms with Gasteiger partial charge in [-0.25, -0.2) is 9.97 Å². The first kappa shape index (κ1) is 15.2. The Morgan fingerprint density at radius 2 is 1.95 bits per heavy atom.